The first kappa shape index (κ1) is 13.8. The van der Waals surface area contributed by atoms with E-state index in [1.807, 2.05) is 12.4 Å². The number of halogens is 1. The van der Waals surface area contributed by atoms with Crippen LogP contribution in [0, 0.1) is 0 Å². The maximum absolute atomic E-state index is 5.05. The first-order valence-electron chi connectivity index (χ1n) is 6.38. The molecule has 0 saturated carbocycles. The largest absolute Gasteiger partial charge is 0.383 e. The summed E-state index contributed by atoms with van der Waals surface area (Å²) >= 11 is 3.58. The number of ether oxygens (including phenoxy) is 1. The summed E-state index contributed by atoms with van der Waals surface area (Å²) in [4.78, 5) is 6.59. The summed E-state index contributed by atoms with van der Waals surface area (Å²) in [5.41, 5.74) is 1.25. The number of nitrogens with zero attached hydrogens (tertiary/aromatic N) is 2. The first-order chi connectivity index (χ1) is 8.83. The number of hydrogen-bond acceptors (Lipinski definition) is 4. The molecule has 1 aliphatic heterocycles. The Kier molecular flexibility index (Phi) is 5.41. The number of rotatable bonds is 6. The lowest BCUT2D eigenvalue weighted by atomic mass is 10.2. The number of pyridine rings is 1. The molecule has 18 heavy (non-hydrogen) atoms. The highest BCUT2D eigenvalue weighted by atomic mass is 79.9. The fourth-order valence-electron chi connectivity index (χ4n) is 2.41. The van der Waals surface area contributed by atoms with Crippen LogP contribution in [0.2, 0.25) is 0 Å². The molecule has 0 aliphatic carbocycles. The molecule has 0 aromatic carbocycles. The lowest BCUT2D eigenvalue weighted by molar-refractivity contribution is 0.199. The molecule has 1 N–H and O–H groups in total. The molecule has 0 spiro atoms. The Morgan fingerprint density at radius 3 is 3.28 bits per heavy atom. The van der Waals surface area contributed by atoms with E-state index in [0.29, 0.717) is 6.04 Å². The Labute approximate surface area is 117 Å². The van der Waals surface area contributed by atoms with E-state index in [-0.39, 0.29) is 0 Å². The smallest absolute Gasteiger partial charge is 0.0592 e. The van der Waals surface area contributed by atoms with Crippen molar-refractivity contribution in [2.45, 2.75) is 18.9 Å². The molecule has 1 unspecified atom stereocenters. The number of aromatic nitrogens is 1. The molecule has 1 aliphatic rings. The Balaban J connectivity index is 1.93. The molecule has 1 saturated heterocycles. The summed E-state index contributed by atoms with van der Waals surface area (Å²) in [7, 11) is 1.73. The Bertz CT molecular complexity index is 375. The van der Waals surface area contributed by atoms with Crippen LogP contribution < -0.4 is 10.2 Å². The van der Waals surface area contributed by atoms with Gasteiger partial charge in [0.05, 0.1) is 16.8 Å². The molecule has 5 heteroatoms. The summed E-state index contributed by atoms with van der Waals surface area (Å²) in [5.74, 6) is 0. The molecule has 1 fully saturated rings. The highest BCUT2D eigenvalue weighted by molar-refractivity contribution is 9.10. The van der Waals surface area contributed by atoms with Crippen LogP contribution >= 0.6 is 15.9 Å². The van der Waals surface area contributed by atoms with Gasteiger partial charge in [-0.3, -0.25) is 4.98 Å². The van der Waals surface area contributed by atoms with Crippen molar-refractivity contribution in [1.29, 1.82) is 0 Å². The molecule has 0 amide bonds. The fraction of sp³-hybridized carbons (Fsp3) is 0.615. The average molecular weight is 314 g/mol. The van der Waals surface area contributed by atoms with E-state index < -0.39 is 0 Å². The van der Waals surface area contributed by atoms with Crippen LogP contribution in [-0.4, -0.2) is 44.4 Å². The number of anilines is 1. The van der Waals surface area contributed by atoms with Crippen LogP contribution in [0.5, 0.6) is 0 Å². The van der Waals surface area contributed by atoms with Gasteiger partial charge in [0, 0.05) is 45.2 Å². The molecule has 2 rings (SSSR count). The third kappa shape index (κ3) is 3.43. The van der Waals surface area contributed by atoms with Crippen LogP contribution in [0.25, 0.3) is 0 Å². The van der Waals surface area contributed by atoms with Crippen LogP contribution in [0.15, 0.2) is 22.9 Å². The summed E-state index contributed by atoms with van der Waals surface area (Å²) in [5, 5.41) is 3.45. The van der Waals surface area contributed by atoms with Crippen LogP contribution in [0.1, 0.15) is 12.8 Å². The Hall–Kier alpha value is -0.650. The summed E-state index contributed by atoms with van der Waals surface area (Å²) in [6.45, 7) is 3.82. The van der Waals surface area contributed by atoms with E-state index >= 15 is 0 Å². The van der Waals surface area contributed by atoms with Gasteiger partial charge in [-0.25, -0.2) is 0 Å². The molecule has 0 radical (unpaired) electrons. The van der Waals surface area contributed by atoms with Gasteiger partial charge in [0.2, 0.25) is 0 Å². The Morgan fingerprint density at radius 2 is 2.50 bits per heavy atom. The highest BCUT2D eigenvalue weighted by Crippen LogP contribution is 2.30. The highest BCUT2D eigenvalue weighted by Gasteiger charge is 2.25. The molecular formula is C13H20BrN3O. The maximum atomic E-state index is 5.05. The van der Waals surface area contributed by atoms with Gasteiger partial charge >= 0.3 is 0 Å². The standard InChI is InChI=1S/C13H20BrN3O/c1-18-8-6-16-9-11-3-2-7-17(11)13-4-5-15-10-12(13)14/h4-5,10-11,16H,2-3,6-9H2,1H3. The number of methoxy groups -OCH3 is 1. The second-order valence-corrected chi connectivity index (χ2v) is 5.37. The zero-order valence-electron chi connectivity index (χ0n) is 10.7. The summed E-state index contributed by atoms with van der Waals surface area (Å²) in [6, 6.07) is 2.65. The van der Waals surface area contributed by atoms with Crippen molar-refractivity contribution < 1.29 is 4.74 Å². The third-order valence-electron chi connectivity index (χ3n) is 3.30. The maximum Gasteiger partial charge on any atom is 0.0592 e. The minimum atomic E-state index is 0.570. The Morgan fingerprint density at radius 1 is 1.61 bits per heavy atom. The minimum Gasteiger partial charge on any atom is -0.383 e. The minimum absolute atomic E-state index is 0.570. The van der Waals surface area contributed by atoms with Gasteiger partial charge in [-0.15, -0.1) is 0 Å². The van der Waals surface area contributed by atoms with Gasteiger partial charge in [-0.05, 0) is 34.8 Å². The quantitative estimate of drug-likeness (QED) is 0.816. The zero-order chi connectivity index (χ0) is 12.8. The predicted molar refractivity (Wildman–Crippen MR) is 77.1 cm³/mol. The monoisotopic (exact) mass is 313 g/mol. The lowest BCUT2D eigenvalue weighted by Gasteiger charge is -2.27. The van der Waals surface area contributed by atoms with Gasteiger partial charge in [0.25, 0.3) is 0 Å². The zero-order valence-corrected chi connectivity index (χ0v) is 12.3. The van der Waals surface area contributed by atoms with Crippen LogP contribution in [0.3, 0.4) is 0 Å². The van der Waals surface area contributed by atoms with E-state index in [4.69, 9.17) is 4.74 Å². The van der Waals surface area contributed by atoms with E-state index in [1.54, 1.807) is 7.11 Å². The summed E-state index contributed by atoms with van der Waals surface area (Å²) in [6.07, 6.45) is 6.22. The van der Waals surface area contributed by atoms with Gasteiger partial charge in [0.15, 0.2) is 0 Å². The van der Waals surface area contributed by atoms with Crippen molar-refractivity contribution in [2.75, 3.05) is 38.3 Å². The molecule has 100 valence electrons. The van der Waals surface area contributed by atoms with Crippen molar-refractivity contribution in [3.63, 3.8) is 0 Å². The van der Waals surface area contributed by atoms with E-state index in [9.17, 15) is 0 Å². The summed E-state index contributed by atoms with van der Waals surface area (Å²) < 4.78 is 6.12. The lowest BCUT2D eigenvalue weighted by Crippen LogP contribution is -2.39. The van der Waals surface area contributed by atoms with E-state index in [1.165, 1.54) is 18.5 Å². The van der Waals surface area contributed by atoms with E-state index in [2.05, 4.69) is 37.2 Å². The molecule has 1 aromatic heterocycles. The molecular weight excluding hydrogens is 294 g/mol. The second kappa shape index (κ2) is 7.07. The van der Waals surface area contributed by atoms with Gasteiger partial charge in [0.1, 0.15) is 0 Å². The first-order valence-corrected chi connectivity index (χ1v) is 7.18. The normalized spacial score (nSPS) is 19.4. The van der Waals surface area contributed by atoms with Crippen LogP contribution in [-0.2, 0) is 4.74 Å². The van der Waals surface area contributed by atoms with Crippen LogP contribution in [0.4, 0.5) is 5.69 Å². The number of nitrogens with one attached hydrogen (secondary N) is 1. The van der Waals surface area contributed by atoms with Crippen molar-refractivity contribution in [3.8, 4) is 0 Å². The molecule has 0 bridgehead atoms. The predicted octanol–water partition coefficient (Wildman–Crippen LogP) is 2.05. The van der Waals surface area contributed by atoms with Gasteiger partial charge < -0.3 is 15.0 Å². The van der Waals surface area contributed by atoms with Crippen molar-refractivity contribution in [3.05, 3.63) is 22.9 Å². The van der Waals surface area contributed by atoms with Gasteiger partial charge in [-0.2, -0.15) is 0 Å². The molecule has 1 atom stereocenters. The SMILES string of the molecule is COCCNCC1CCCN1c1ccncc1Br. The van der Waals surface area contributed by atoms with Crippen molar-refractivity contribution in [1.82, 2.24) is 10.3 Å². The third-order valence-corrected chi connectivity index (χ3v) is 3.91. The molecule has 1 aromatic rings. The van der Waals surface area contributed by atoms with Crippen molar-refractivity contribution >= 4 is 21.6 Å². The van der Waals surface area contributed by atoms with Gasteiger partial charge in [-0.1, -0.05) is 0 Å². The molecule has 4 nitrogen and oxygen atoms in total. The average Bonchev–Trinajstić information content (AvgIpc) is 2.83. The molecule has 2 heterocycles. The topological polar surface area (TPSA) is 37.4 Å². The van der Waals surface area contributed by atoms with E-state index in [0.717, 1.165) is 30.7 Å². The fourth-order valence-corrected chi connectivity index (χ4v) is 2.89. The van der Waals surface area contributed by atoms with Crippen molar-refractivity contribution in [2.24, 2.45) is 0 Å². The number of hydrogen-bond donors (Lipinski definition) is 1. The second-order valence-electron chi connectivity index (χ2n) is 4.51.